The number of rotatable bonds is 8. The zero-order valence-electron chi connectivity index (χ0n) is 16.3. The van der Waals surface area contributed by atoms with Crippen LogP contribution in [0, 0.1) is 6.92 Å². The minimum absolute atomic E-state index is 0.341. The second-order valence-corrected chi connectivity index (χ2v) is 5.89. The Balaban J connectivity index is 0.000000416. The van der Waals surface area contributed by atoms with E-state index in [0.717, 1.165) is 35.4 Å². The number of benzene rings is 2. The molecule has 0 saturated heterocycles. The summed E-state index contributed by atoms with van der Waals surface area (Å²) in [6, 6.07) is 15.5. The largest absolute Gasteiger partial charge is 0.489 e. The highest BCUT2D eigenvalue weighted by atomic mass is 16.5. The highest BCUT2D eigenvalue weighted by Gasteiger charge is 1.97. The lowest BCUT2D eigenvalue weighted by molar-refractivity contribution is -0.137. The van der Waals surface area contributed by atoms with Crippen molar-refractivity contribution in [2.24, 2.45) is 0 Å². The number of carboxylic acids is 1. The van der Waals surface area contributed by atoms with Crippen molar-refractivity contribution in [3.05, 3.63) is 84.0 Å². The van der Waals surface area contributed by atoms with Crippen molar-refractivity contribution in [2.75, 3.05) is 6.61 Å². The summed E-state index contributed by atoms with van der Waals surface area (Å²) in [5.74, 6) is -0.533. The molecule has 2 rings (SSSR count). The van der Waals surface area contributed by atoms with E-state index in [4.69, 9.17) is 9.84 Å². The topological polar surface area (TPSA) is 72.8 Å². The molecule has 148 valence electrons. The number of carbonyl (C=O) groups is 2. The molecular formula is C23H26O5. The Morgan fingerprint density at radius 3 is 2.25 bits per heavy atom. The molecule has 0 heterocycles. The number of carboxylic acid groups (broad SMARTS) is 1. The normalized spacial score (nSPS) is 9.93. The molecule has 0 bridgehead atoms. The fraction of sp³-hybridized carbons (Fsp3) is 0.217. The second-order valence-electron chi connectivity index (χ2n) is 5.89. The first kappa shape index (κ1) is 22.7. The Morgan fingerprint density at radius 1 is 1.07 bits per heavy atom. The van der Waals surface area contributed by atoms with Gasteiger partial charge in [-0.1, -0.05) is 55.5 Å². The number of hydrogen-bond acceptors (Lipinski definition) is 4. The van der Waals surface area contributed by atoms with Gasteiger partial charge in [-0.25, -0.2) is 9.59 Å². The zero-order valence-corrected chi connectivity index (χ0v) is 16.3. The first-order chi connectivity index (χ1) is 13.4. The molecule has 28 heavy (non-hydrogen) atoms. The van der Waals surface area contributed by atoms with Crippen molar-refractivity contribution in [2.45, 2.75) is 26.9 Å². The molecule has 5 nitrogen and oxygen atoms in total. The van der Waals surface area contributed by atoms with Crippen LogP contribution in [-0.4, -0.2) is 23.7 Å². The van der Waals surface area contributed by atoms with Gasteiger partial charge in [0.15, 0.2) is 0 Å². The van der Waals surface area contributed by atoms with Crippen LogP contribution >= 0.6 is 0 Å². The molecule has 2 aromatic carbocycles. The summed E-state index contributed by atoms with van der Waals surface area (Å²) in [5.41, 5.74) is 3.17. The van der Waals surface area contributed by atoms with E-state index in [-0.39, 0.29) is 5.97 Å². The third-order valence-electron chi connectivity index (χ3n) is 3.44. The Labute approximate surface area is 165 Å². The van der Waals surface area contributed by atoms with E-state index in [0.29, 0.717) is 13.2 Å². The van der Waals surface area contributed by atoms with Crippen LogP contribution in [0.15, 0.2) is 67.3 Å². The molecule has 0 aliphatic rings. The van der Waals surface area contributed by atoms with Gasteiger partial charge in [-0.05, 0) is 42.7 Å². The minimum atomic E-state index is -0.954. The molecular weight excluding hydrogens is 356 g/mol. The summed E-state index contributed by atoms with van der Waals surface area (Å²) in [7, 11) is 0. The molecule has 0 unspecified atom stereocenters. The fourth-order valence-electron chi connectivity index (χ4n) is 1.96. The Kier molecular flexibility index (Phi) is 10.5. The molecule has 2 aromatic rings. The van der Waals surface area contributed by atoms with Gasteiger partial charge in [0.2, 0.25) is 0 Å². The lowest BCUT2D eigenvalue weighted by Crippen LogP contribution is -1.99. The third-order valence-corrected chi connectivity index (χ3v) is 3.44. The van der Waals surface area contributed by atoms with Crippen molar-refractivity contribution >= 4 is 18.0 Å². The second kappa shape index (κ2) is 12.9. The smallest absolute Gasteiger partial charge is 0.330 e. The Morgan fingerprint density at radius 2 is 1.71 bits per heavy atom. The predicted octanol–water partition coefficient (Wildman–Crippen LogP) is 4.80. The third kappa shape index (κ3) is 9.97. The van der Waals surface area contributed by atoms with Gasteiger partial charge in [0.25, 0.3) is 0 Å². The van der Waals surface area contributed by atoms with Crippen LogP contribution in [0.2, 0.25) is 0 Å². The van der Waals surface area contributed by atoms with Crippen molar-refractivity contribution < 1.29 is 24.2 Å². The standard InChI is InChI=1S/C17H16O3.C6H10O2/c1-13-2-4-15(5-3-13)12-20-16-9-6-14(7-10-16)8-11-17(18)19;1-3-5-8-6(7)4-2/h2-11H,12H2,1H3,(H,18,19);4H,2-3,5H2,1H3. The van der Waals surface area contributed by atoms with Crippen molar-refractivity contribution in [3.63, 3.8) is 0 Å². The molecule has 0 aromatic heterocycles. The Bertz CT molecular complexity index is 774. The summed E-state index contributed by atoms with van der Waals surface area (Å²) in [6.45, 7) is 8.24. The number of aliphatic carboxylic acids is 1. The molecule has 0 aliphatic carbocycles. The van der Waals surface area contributed by atoms with E-state index < -0.39 is 5.97 Å². The maximum absolute atomic E-state index is 10.4. The van der Waals surface area contributed by atoms with Gasteiger partial charge in [0.1, 0.15) is 12.4 Å². The molecule has 0 atom stereocenters. The first-order valence-corrected chi connectivity index (χ1v) is 8.93. The summed E-state index contributed by atoms with van der Waals surface area (Å²) in [6.07, 6.45) is 4.68. The molecule has 0 radical (unpaired) electrons. The van der Waals surface area contributed by atoms with Crippen molar-refractivity contribution in [1.29, 1.82) is 0 Å². The van der Waals surface area contributed by atoms with Crippen LogP contribution in [-0.2, 0) is 20.9 Å². The van der Waals surface area contributed by atoms with Crippen LogP contribution in [0.3, 0.4) is 0 Å². The van der Waals surface area contributed by atoms with E-state index in [1.165, 1.54) is 5.56 Å². The van der Waals surface area contributed by atoms with Crippen molar-refractivity contribution in [3.8, 4) is 5.75 Å². The molecule has 0 saturated carbocycles. The fourth-order valence-corrected chi connectivity index (χ4v) is 1.96. The van der Waals surface area contributed by atoms with Crippen molar-refractivity contribution in [1.82, 2.24) is 0 Å². The van der Waals surface area contributed by atoms with Gasteiger partial charge >= 0.3 is 11.9 Å². The molecule has 0 fully saturated rings. The van der Waals surface area contributed by atoms with E-state index in [9.17, 15) is 9.59 Å². The quantitative estimate of drug-likeness (QED) is 0.524. The minimum Gasteiger partial charge on any atom is -0.489 e. The molecule has 0 amide bonds. The average molecular weight is 382 g/mol. The molecule has 0 spiro atoms. The number of ether oxygens (including phenoxy) is 2. The summed E-state index contributed by atoms with van der Waals surface area (Å²) in [5, 5.41) is 8.55. The van der Waals surface area contributed by atoms with Crippen LogP contribution in [0.4, 0.5) is 0 Å². The summed E-state index contributed by atoms with van der Waals surface area (Å²) in [4.78, 5) is 20.6. The number of hydrogen-bond donors (Lipinski definition) is 1. The number of carbonyl (C=O) groups excluding carboxylic acids is 1. The lowest BCUT2D eigenvalue weighted by atomic mass is 10.2. The van der Waals surface area contributed by atoms with Gasteiger partial charge in [-0.2, -0.15) is 0 Å². The highest BCUT2D eigenvalue weighted by molar-refractivity contribution is 5.85. The van der Waals surface area contributed by atoms with Crippen LogP contribution < -0.4 is 4.74 Å². The van der Waals surface area contributed by atoms with E-state index >= 15 is 0 Å². The summed E-state index contributed by atoms with van der Waals surface area (Å²) >= 11 is 0. The van der Waals surface area contributed by atoms with Crippen LogP contribution in [0.1, 0.15) is 30.0 Å². The number of aryl methyl sites for hydroxylation is 1. The Hall–Kier alpha value is -3.34. The van der Waals surface area contributed by atoms with Gasteiger partial charge in [0.05, 0.1) is 6.61 Å². The first-order valence-electron chi connectivity index (χ1n) is 8.93. The van der Waals surface area contributed by atoms with Gasteiger partial charge in [0, 0.05) is 12.2 Å². The average Bonchev–Trinajstić information content (AvgIpc) is 2.71. The molecule has 1 N–H and O–H groups in total. The van der Waals surface area contributed by atoms with Gasteiger partial charge in [-0.15, -0.1) is 0 Å². The van der Waals surface area contributed by atoms with Crippen LogP contribution in [0.5, 0.6) is 5.75 Å². The molecule has 0 aliphatic heterocycles. The predicted molar refractivity (Wildman–Crippen MR) is 110 cm³/mol. The summed E-state index contributed by atoms with van der Waals surface area (Å²) < 4.78 is 10.3. The lowest BCUT2D eigenvalue weighted by Gasteiger charge is -2.06. The zero-order chi connectivity index (χ0) is 20.8. The van der Waals surface area contributed by atoms with Gasteiger partial charge in [-0.3, -0.25) is 0 Å². The van der Waals surface area contributed by atoms with Gasteiger partial charge < -0.3 is 14.6 Å². The number of esters is 1. The maximum Gasteiger partial charge on any atom is 0.330 e. The van der Waals surface area contributed by atoms with Crippen LogP contribution in [0.25, 0.3) is 6.08 Å². The monoisotopic (exact) mass is 382 g/mol. The van der Waals surface area contributed by atoms with E-state index in [1.54, 1.807) is 6.08 Å². The highest BCUT2D eigenvalue weighted by Crippen LogP contribution is 2.15. The van der Waals surface area contributed by atoms with E-state index in [1.807, 2.05) is 50.2 Å². The maximum atomic E-state index is 10.4. The van der Waals surface area contributed by atoms with E-state index in [2.05, 4.69) is 23.4 Å². The molecule has 5 heteroatoms. The SMILES string of the molecule is C=CC(=O)OCCC.Cc1ccc(COc2ccc(C=CC(=O)O)cc2)cc1.